The van der Waals surface area contributed by atoms with Crippen LogP contribution in [0.2, 0.25) is 0 Å². The molecule has 0 saturated heterocycles. The van der Waals surface area contributed by atoms with E-state index in [1.54, 1.807) is 6.07 Å². The number of halogens is 1. The minimum Gasteiger partial charge on any atom is -0.308 e. The molecule has 2 aromatic rings. The maximum Gasteiger partial charge on any atom is 0.238 e. The van der Waals surface area contributed by atoms with Gasteiger partial charge in [0.25, 0.3) is 0 Å². The first-order chi connectivity index (χ1) is 9.56. The van der Waals surface area contributed by atoms with Gasteiger partial charge in [-0.2, -0.15) is 5.10 Å². The molecule has 6 heteroatoms. The Kier molecular flexibility index (Phi) is 3.25. The van der Waals surface area contributed by atoms with Gasteiger partial charge in [0, 0.05) is 11.3 Å². The summed E-state index contributed by atoms with van der Waals surface area (Å²) in [5.74, 6) is 0.183. The second-order valence-electron chi connectivity index (χ2n) is 4.81. The molecule has 3 rings (SSSR count). The molecule has 1 aromatic heterocycles. The maximum absolute atomic E-state index is 13.5. The summed E-state index contributed by atoms with van der Waals surface area (Å²) in [5.41, 5.74) is 2.64. The number of benzene rings is 1. The zero-order valence-corrected chi connectivity index (χ0v) is 11.9. The molecule has 1 aromatic carbocycles. The third kappa shape index (κ3) is 2.20. The van der Waals surface area contributed by atoms with Gasteiger partial charge in [0.2, 0.25) is 5.91 Å². The Balaban J connectivity index is 2.13. The van der Waals surface area contributed by atoms with Gasteiger partial charge in [-0.1, -0.05) is 12.1 Å². The van der Waals surface area contributed by atoms with Gasteiger partial charge in [0.15, 0.2) is 5.82 Å². The number of hydrogen-bond donors (Lipinski definition) is 2. The first-order valence-corrected chi connectivity index (χ1v) is 7.27. The number of nitrogens with one attached hydrogen (secondary N) is 2. The molecule has 2 N–H and O–H groups in total. The molecule has 0 radical (unpaired) electrons. The van der Waals surface area contributed by atoms with E-state index in [2.05, 4.69) is 15.5 Å². The second kappa shape index (κ2) is 4.94. The normalized spacial score (nSPS) is 22.1. The Hall–Kier alpha value is -1.82. The van der Waals surface area contributed by atoms with Crippen molar-refractivity contribution in [2.45, 2.75) is 24.3 Å². The van der Waals surface area contributed by atoms with Crippen LogP contribution in [0.5, 0.6) is 0 Å². The molecule has 20 heavy (non-hydrogen) atoms. The average Bonchev–Trinajstić information content (AvgIpc) is 2.70. The molecule has 2 atom stereocenters. The van der Waals surface area contributed by atoms with Crippen molar-refractivity contribution < 1.29 is 9.18 Å². The Morgan fingerprint density at radius 1 is 1.40 bits per heavy atom. The van der Waals surface area contributed by atoms with Gasteiger partial charge < -0.3 is 5.32 Å². The quantitative estimate of drug-likeness (QED) is 0.849. The van der Waals surface area contributed by atoms with Crippen LogP contribution in [-0.2, 0) is 4.79 Å². The number of carbonyl (C=O) groups excluding carboxylic acids is 1. The summed E-state index contributed by atoms with van der Waals surface area (Å²) in [6.45, 7) is 3.75. The summed E-state index contributed by atoms with van der Waals surface area (Å²) < 4.78 is 13.5. The largest absolute Gasteiger partial charge is 0.308 e. The highest BCUT2D eigenvalue weighted by atomic mass is 32.2. The lowest BCUT2D eigenvalue weighted by atomic mass is 10.0. The van der Waals surface area contributed by atoms with Crippen molar-refractivity contribution in [1.29, 1.82) is 0 Å². The lowest BCUT2D eigenvalue weighted by Gasteiger charge is -2.17. The fourth-order valence-electron chi connectivity index (χ4n) is 2.32. The lowest BCUT2D eigenvalue weighted by Crippen LogP contribution is -2.21. The van der Waals surface area contributed by atoms with Crippen LogP contribution in [0.25, 0.3) is 0 Å². The van der Waals surface area contributed by atoms with Crippen LogP contribution in [0.3, 0.4) is 0 Å². The van der Waals surface area contributed by atoms with E-state index in [-0.39, 0.29) is 22.2 Å². The first kappa shape index (κ1) is 13.2. The highest BCUT2D eigenvalue weighted by Crippen LogP contribution is 2.44. The number of rotatable bonds is 1. The van der Waals surface area contributed by atoms with Crippen molar-refractivity contribution in [3.8, 4) is 0 Å². The standard InChI is InChI=1S/C14H14FN3OS/c1-7-11-12(9-4-3-5-10(15)6-9)20-8(2)14(19)16-13(11)18-17-7/h3-6,8,12H,1-2H3,(H2,16,17,18,19). The fraction of sp³-hybridized carbons (Fsp3) is 0.286. The zero-order valence-electron chi connectivity index (χ0n) is 11.1. The van der Waals surface area contributed by atoms with Crippen LogP contribution < -0.4 is 5.32 Å². The van der Waals surface area contributed by atoms with Gasteiger partial charge in [-0.15, -0.1) is 11.8 Å². The van der Waals surface area contributed by atoms with Gasteiger partial charge in [0.1, 0.15) is 5.82 Å². The minimum atomic E-state index is -0.276. The molecule has 0 aliphatic carbocycles. The molecule has 0 fully saturated rings. The minimum absolute atomic E-state index is 0.0818. The number of aromatic nitrogens is 2. The van der Waals surface area contributed by atoms with E-state index in [9.17, 15) is 9.18 Å². The zero-order chi connectivity index (χ0) is 14.3. The van der Waals surface area contributed by atoms with Crippen molar-refractivity contribution in [2.24, 2.45) is 0 Å². The summed E-state index contributed by atoms with van der Waals surface area (Å²) in [5, 5.41) is 9.49. The Morgan fingerprint density at radius 3 is 2.95 bits per heavy atom. The van der Waals surface area contributed by atoms with Crippen LogP contribution in [0, 0.1) is 12.7 Å². The molecule has 1 amide bonds. The van der Waals surface area contributed by atoms with Crippen LogP contribution in [0.15, 0.2) is 24.3 Å². The number of amides is 1. The summed E-state index contributed by atoms with van der Waals surface area (Å²) in [7, 11) is 0. The molecular formula is C14H14FN3OS. The average molecular weight is 291 g/mol. The van der Waals surface area contributed by atoms with E-state index in [4.69, 9.17) is 0 Å². The number of nitrogens with zero attached hydrogens (tertiary/aromatic N) is 1. The van der Waals surface area contributed by atoms with Crippen molar-refractivity contribution in [3.63, 3.8) is 0 Å². The van der Waals surface area contributed by atoms with Gasteiger partial charge in [-0.3, -0.25) is 9.89 Å². The summed E-state index contributed by atoms with van der Waals surface area (Å²) >= 11 is 1.50. The fourth-order valence-corrected chi connectivity index (χ4v) is 3.64. The molecule has 0 saturated carbocycles. The van der Waals surface area contributed by atoms with Crippen LogP contribution in [0.1, 0.15) is 29.0 Å². The maximum atomic E-state index is 13.5. The molecule has 0 bridgehead atoms. The Morgan fingerprint density at radius 2 is 2.20 bits per heavy atom. The topological polar surface area (TPSA) is 57.8 Å². The SMILES string of the molecule is Cc1[nH]nc2c1C(c1cccc(F)c1)SC(C)C(=O)N2. The highest BCUT2D eigenvalue weighted by Gasteiger charge is 2.32. The molecule has 2 heterocycles. The summed E-state index contributed by atoms with van der Waals surface area (Å²) in [6.07, 6.45) is 0. The van der Waals surface area contributed by atoms with E-state index in [1.807, 2.05) is 19.9 Å². The van der Waals surface area contributed by atoms with Gasteiger partial charge >= 0.3 is 0 Å². The Labute approximate surface area is 120 Å². The van der Waals surface area contributed by atoms with Gasteiger partial charge in [-0.25, -0.2) is 4.39 Å². The number of carbonyl (C=O) groups is 1. The summed E-state index contributed by atoms with van der Waals surface area (Å²) in [4.78, 5) is 12.0. The third-order valence-electron chi connectivity index (χ3n) is 3.36. The monoisotopic (exact) mass is 291 g/mol. The lowest BCUT2D eigenvalue weighted by molar-refractivity contribution is -0.115. The van der Waals surface area contributed by atoms with Crippen molar-refractivity contribution in [2.75, 3.05) is 5.32 Å². The van der Waals surface area contributed by atoms with E-state index in [0.717, 1.165) is 16.8 Å². The summed E-state index contributed by atoms with van der Waals surface area (Å²) in [6, 6.07) is 6.49. The van der Waals surface area contributed by atoms with Crippen LogP contribution in [-0.4, -0.2) is 21.4 Å². The molecule has 2 unspecified atom stereocenters. The first-order valence-electron chi connectivity index (χ1n) is 6.33. The predicted octanol–water partition coefficient (Wildman–Crippen LogP) is 3.02. The number of fused-ring (bicyclic) bond motifs is 1. The van der Waals surface area contributed by atoms with Crippen LogP contribution >= 0.6 is 11.8 Å². The van der Waals surface area contributed by atoms with Crippen LogP contribution in [0.4, 0.5) is 10.2 Å². The number of aromatic amines is 1. The van der Waals surface area contributed by atoms with Gasteiger partial charge in [0.05, 0.1) is 10.5 Å². The molecule has 1 aliphatic heterocycles. The highest BCUT2D eigenvalue weighted by molar-refractivity contribution is 8.01. The molecule has 0 spiro atoms. The Bertz CT molecular complexity index is 670. The van der Waals surface area contributed by atoms with E-state index >= 15 is 0 Å². The molecule has 1 aliphatic rings. The third-order valence-corrected chi connectivity index (χ3v) is 4.76. The smallest absolute Gasteiger partial charge is 0.238 e. The molecule has 104 valence electrons. The van der Waals surface area contributed by atoms with E-state index in [1.165, 1.54) is 23.9 Å². The number of aryl methyl sites for hydroxylation is 1. The predicted molar refractivity (Wildman–Crippen MR) is 77.3 cm³/mol. The molecular weight excluding hydrogens is 277 g/mol. The van der Waals surface area contributed by atoms with Crippen molar-refractivity contribution in [1.82, 2.24) is 10.2 Å². The second-order valence-corrected chi connectivity index (χ2v) is 6.26. The number of thioether (sulfide) groups is 1. The van der Waals surface area contributed by atoms with Crippen molar-refractivity contribution >= 4 is 23.5 Å². The number of anilines is 1. The number of hydrogen-bond acceptors (Lipinski definition) is 3. The van der Waals surface area contributed by atoms with Crippen molar-refractivity contribution in [3.05, 3.63) is 46.9 Å². The molecule has 4 nitrogen and oxygen atoms in total. The van der Waals surface area contributed by atoms with E-state index in [0.29, 0.717) is 5.82 Å². The number of H-pyrrole nitrogens is 1. The van der Waals surface area contributed by atoms with E-state index < -0.39 is 0 Å². The van der Waals surface area contributed by atoms with Gasteiger partial charge in [-0.05, 0) is 31.5 Å².